The number of carbonyl (C=O) groups excluding carboxylic acids is 1. The average molecular weight is 377 g/mol. The number of thiophene rings is 1. The summed E-state index contributed by atoms with van der Waals surface area (Å²) >= 11 is 5.29. The number of ether oxygens (including phenoxy) is 1. The van der Waals surface area contributed by atoms with Gasteiger partial charge in [0.2, 0.25) is 0 Å². The van der Waals surface area contributed by atoms with Gasteiger partial charge in [-0.05, 0) is 56.1 Å². The standard InChI is InChI=1S/C15H25BrN2O2S/c1-6-11(18-14(19)20-15(3,4)5)8-17-9-12-7-13(16)10(2)21-12/h7,11,17H,6,8-9H2,1-5H3,(H,18,19). The molecule has 2 N–H and O–H groups in total. The second-order valence-corrected chi connectivity index (χ2v) is 8.19. The van der Waals surface area contributed by atoms with Gasteiger partial charge in [-0.1, -0.05) is 6.92 Å². The van der Waals surface area contributed by atoms with Gasteiger partial charge in [0, 0.05) is 33.4 Å². The molecule has 0 aromatic carbocycles. The van der Waals surface area contributed by atoms with Crippen molar-refractivity contribution in [2.45, 2.75) is 59.2 Å². The lowest BCUT2D eigenvalue weighted by Gasteiger charge is -2.23. The van der Waals surface area contributed by atoms with Crippen molar-refractivity contribution in [1.82, 2.24) is 10.6 Å². The van der Waals surface area contributed by atoms with E-state index in [2.05, 4.69) is 46.5 Å². The first kappa shape index (κ1) is 18.5. The number of hydrogen-bond acceptors (Lipinski definition) is 4. The summed E-state index contributed by atoms with van der Waals surface area (Å²) in [5.41, 5.74) is -0.462. The molecule has 0 saturated heterocycles. The lowest BCUT2D eigenvalue weighted by Crippen LogP contribution is -2.43. The molecule has 1 amide bonds. The quantitative estimate of drug-likeness (QED) is 0.781. The molecule has 21 heavy (non-hydrogen) atoms. The third kappa shape index (κ3) is 7.29. The van der Waals surface area contributed by atoms with Crippen molar-refractivity contribution in [3.05, 3.63) is 20.3 Å². The fraction of sp³-hybridized carbons (Fsp3) is 0.667. The van der Waals surface area contributed by atoms with Crippen LogP contribution in [0.5, 0.6) is 0 Å². The maximum Gasteiger partial charge on any atom is 0.407 e. The molecule has 1 unspecified atom stereocenters. The summed E-state index contributed by atoms with van der Waals surface area (Å²) in [6.45, 7) is 11.3. The van der Waals surface area contributed by atoms with Crippen LogP contribution in [0, 0.1) is 6.92 Å². The van der Waals surface area contributed by atoms with Gasteiger partial charge in [-0.3, -0.25) is 0 Å². The maximum absolute atomic E-state index is 11.7. The van der Waals surface area contributed by atoms with Crippen molar-refractivity contribution in [1.29, 1.82) is 0 Å². The van der Waals surface area contributed by atoms with Gasteiger partial charge in [0.15, 0.2) is 0 Å². The van der Waals surface area contributed by atoms with Gasteiger partial charge < -0.3 is 15.4 Å². The Hall–Kier alpha value is -0.590. The summed E-state index contributed by atoms with van der Waals surface area (Å²) in [4.78, 5) is 14.3. The molecular formula is C15H25BrN2O2S. The molecule has 0 aliphatic rings. The zero-order valence-electron chi connectivity index (χ0n) is 13.4. The summed E-state index contributed by atoms with van der Waals surface area (Å²) in [5, 5.41) is 6.28. The van der Waals surface area contributed by atoms with Gasteiger partial charge in [0.25, 0.3) is 0 Å². The number of nitrogens with one attached hydrogen (secondary N) is 2. The van der Waals surface area contributed by atoms with Crippen LogP contribution in [-0.4, -0.2) is 24.3 Å². The molecule has 6 heteroatoms. The zero-order chi connectivity index (χ0) is 16.0. The summed E-state index contributed by atoms with van der Waals surface area (Å²) in [7, 11) is 0. The maximum atomic E-state index is 11.7. The molecule has 1 heterocycles. The molecule has 120 valence electrons. The van der Waals surface area contributed by atoms with E-state index >= 15 is 0 Å². The second-order valence-electron chi connectivity index (χ2n) is 6.00. The Balaban J connectivity index is 2.35. The summed E-state index contributed by atoms with van der Waals surface area (Å²) in [6.07, 6.45) is 0.505. The van der Waals surface area contributed by atoms with Crippen molar-refractivity contribution < 1.29 is 9.53 Å². The summed E-state index contributed by atoms with van der Waals surface area (Å²) < 4.78 is 6.43. The Bertz CT molecular complexity index is 449. The van der Waals surface area contributed by atoms with Crippen LogP contribution in [0.3, 0.4) is 0 Å². The minimum atomic E-state index is -0.462. The monoisotopic (exact) mass is 376 g/mol. The topological polar surface area (TPSA) is 50.4 Å². The number of hydrogen-bond donors (Lipinski definition) is 2. The van der Waals surface area contributed by atoms with Crippen LogP contribution in [-0.2, 0) is 11.3 Å². The first-order valence-electron chi connectivity index (χ1n) is 7.16. The predicted molar refractivity (Wildman–Crippen MR) is 91.9 cm³/mol. The third-order valence-electron chi connectivity index (χ3n) is 2.81. The Morgan fingerprint density at radius 2 is 2.14 bits per heavy atom. The normalized spacial score (nSPS) is 13.0. The zero-order valence-corrected chi connectivity index (χ0v) is 15.8. The molecule has 1 rings (SSSR count). The summed E-state index contributed by atoms with van der Waals surface area (Å²) in [6, 6.07) is 2.21. The van der Waals surface area contributed by atoms with Crippen LogP contribution >= 0.6 is 27.3 Å². The van der Waals surface area contributed by atoms with E-state index in [1.54, 1.807) is 11.3 Å². The SMILES string of the molecule is CCC(CNCc1cc(Br)c(C)s1)NC(=O)OC(C)(C)C. The molecule has 0 bridgehead atoms. The Morgan fingerprint density at radius 1 is 1.48 bits per heavy atom. The molecule has 0 radical (unpaired) electrons. The van der Waals surface area contributed by atoms with Crippen LogP contribution in [0.1, 0.15) is 43.9 Å². The number of halogens is 1. The van der Waals surface area contributed by atoms with Crippen molar-refractivity contribution in [3.63, 3.8) is 0 Å². The van der Waals surface area contributed by atoms with Crippen LogP contribution in [0.2, 0.25) is 0 Å². The summed E-state index contributed by atoms with van der Waals surface area (Å²) in [5.74, 6) is 0. The highest BCUT2D eigenvalue weighted by Gasteiger charge is 2.18. The highest BCUT2D eigenvalue weighted by atomic mass is 79.9. The van der Waals surface area contributed by atoms with E-state index in [0.29, 0.717) is 0 Å². The molecule has 0 aliphatic carbocycles. The Labute approximate surface area is 139 Å². The minimum absolute atomic E-state index is 0.0735. The minimum Gasteiger partial charge on any atom is -0.444 e. The van der Waals surface area contributed by atoms with Crippen LogP contribution in [0.15, 0.2) is 10.5 Å². The van der Waals surface area contributed by atoms with Crippen LogP contribution in [0.25, 0.3) is 0 Å². The number of aryl methyl sites for hydroxylation is 1. The van der Waals surface area contributed by atoms with Crippen LogP contribution < -0.4 is 10.6 Å². The second kappa shape index (κ2) is 8.15. The van der Waals surface area contributed by atoms with Gasteiger partial charge in [-0.2, -0.15) is 0 Å². The molecule has 4 nitrogen and oxygen atoms in total. The molecule has 1 atom stereocenters. The van der Waals surface area contributed by atoms with Crippen molar-refractivity contribution in [3.8, 4) is 0 Å². The van der Waals surface area contributed by atoms with Gasteiger partial charge in [-0.25, -0.2) is 4.79 Å². The van der Waals surface area contributed by atoms with E-state index in [0.717, 1.165) is 24.0 Å². The van der Waals surface area contributed by atoms with Gasteiger partial charge >= 0.3 is 6.09 Å². The van der Waals surface area contributed by atoms with Crippen molar-refractivity contribution in [2.24, 2.45) is 0 Å². The van der Waals surface area contributed by atoms with Crippen LogP contribution in [0.4, 0.5) is 4.79 Å². The first-order valence-corrected chi connectivity index (χ1v) is 8.77. The molecule has 1 aromatic heterocycles. The van der Waals surface area contributed by atoms with Gasteiger partial charge in [0.1, 0.15) is 5.60 Å². The fourth-order valence-corrected chi connectivity index (χ4v) is 3.32. The Morgan fingerprint density at radius 3 is 2.62 bits per heavy atom. The number of amides is 1. The smallest absolute Gasteiger partial charge is 0.407 e. The van der Waals surface area contributed by atoms with Gasteiger partial charge in [-0.15, -0.1) is 11.3 Å². The van der Waals surface area contributed by atoms with E-state index in [9.17, 15) is 4.79 Å². The van der Waals surface area contributed by atoms with E-state index in [-0.39, 0.29) is 12.1 Å². The average Bonchev–Trinajstić information content (AvgIpc) is 2.65. The number of carbonyl (C=O) groups is 1. The molecule has 1 aromatic rings. The first-order chi connectivity index (χ1) is 9.71. The highest BCUT2D eigenvalue weighted by Crippen LogP contribution is 2.26. The van der Waals surface area contributed by atoms with E-state index < -0.39 is 5.60 Å². The molecule has 0 spiro atoms. The number of rotatable bonds is 6. The Kier molecular flexibility index (Phi) is 7.16. The van der Waals surface area contributed by atoms with Gasteiger partial charge in [0.05, 0.1) is 0 Å². The lowest BCUT2D eigenvalue weighted by atomic mass is 10.2. The predicted octanol–water partition coefficient (Wildman–Crippen LogP) is 4.21. The molecule has 0 saturated carbocycles. The lowest BCUT2D eigenvalue weighted by molar-refractivity contribution is 0.0502. The fourth-order valence-electron chi connectivity index (χ4n) is 1.75. The van der Waals surface area contributed by atoms with E-state index in [1.165, 1.54) is 9.75 Å². The molecule has 0 aliphatic heterocycles. The molecule has 0 fully saturated rings. The number of alkyl carbamates (subject to hydrolysis) is 1. The van der Waals surface area contributed by atoms with Crippen molar-refractivity contribution in [2.75, 3.05) is 6.54 Å². The van der Waals surface area contributed by atoms with E-state index in [4.69, 9.17) is 4.74 Å². The highest BCUT2D eigenvalue weighted by molar-refractivity contribution is 9.10. The largest absolute Gasteiger partial charge is 0.444 e. The molecular weight excluding hydrogens is 352 g/mol. The van der Waals surface area contributed by atoms with E-state index in [1.807, 2.05) is 20.8 Å². The third-order valence-corrected chi connectivity index (χ3v) is 4.95. The van der Waals surface area contributed by atoms with Crippen molar-refractivity contribution >= 4 is 33.4 Å².